The molecule has 2 rings (SSSR count). The van der Waals surface area contributed by atoms with E-state index >= 15 is 0 Å². The number of thioether (sulfide) groups is 1. The summed E-state index contributed by atoms with van der Waals surface area (Å²) >= 11 is 1.43. The third-order valence-electron chi connectivity index (χ3n) is 2.62. The highest BCUT2D eigenvalue weighted by Gasteiger charge is 2.17. The van der Waals surface area contributed by atoms with Crippen LogP contribution in [-0.2, 0) is 12.8 Å². The van der Waals surface area contributed by atoms with E-state index in [0.29, 0.717) is 23.1 Å². The number of para-hydroxylation sites is 1. The third-order valence-corrected chi connectivity index (χ3v) is 3.68. The topological polar surface area (TPSA) is 98.8 Å². The van der Waals surface area contributed by atoms with Crippen molar-refractivity contribution in [2.24, 2.45) is 7.05 Å². The summed E-state index contributed by atoms with van der Waals surface area (Å²) in [5, 5.41) is 26.0. The molecule has 0 aliphatic carbocycles. The lowest BCUT2D eigenvalue weighted by molar-refractivity contribution is -0.384. The second-order valence-electron chi connectivity index (χ2n) is 3.97. The van der Waals surface area contributed by atoms with Crippen LogP contribution < -0.4 is 5.32 Å². The van der Waals surface area contributed by atoms with Crippen LogP contribution in [0.25, 0.3) is 0 Å². The number of hydrogen-bond donors (Lipinski definition) is 1. The van der Waals surface area contributed by atoms with Crippen molar-refractivity contribution >= 4 is 23.1 Å². The van der Waals surface area contributed by atoms with Crippen LogP contribution in [0.15, 0.2) is 23.4 Å². The molecule has 1 aromatic carbocycles. The van der Waals surface area contributed by atoms with E-state index in [0.717, 1.165) is 5.56 Å². The number of nitro benzene ring substituents is 1. The van der Waals surface area contributed by atoms with Gasteiger partial charge in [0, 0.05) is 25.4 Å². The fourth-order valence-electron chi connectivity index (χ4n) is 1.73. The molecule has 0 spiro atoms. The van der Waals surface area contributed by atoms with Gasteiger partial charge in [0.1, 0.15) is 5.69 Å². The fourth-order valence-corrected chi connectivity index (χ4v) is 2.57. The normalized spacial score (nSPS) is 10.5. The van der Waals surface area contributed by atoms with Crippen LogP contribution in [-0.4, -0.2) is 31.7 Å². The summed E-state index contributed by atoms with van der Waals surface area (Å²) in [7, 11) is 1.75. The van der Waals surface area contributed by atoms with Crippen molar-refractivity contribution in [1.82, 2.24) is 20.2 Å². The first-order valence-corrected chi connectivity index (χ1v) is 6.97. The third kappa shape index (κ3) is 3.05. The van der Waals surface area contributed by atoms with Crippen molar-refractivity contribution < 1.29 is 4.92 Å². The minimum atomic E-state index is -0.379. The second-order valence-corrected chi connectivity index (χ2v) is 4.91. The number of nitrogens with one attached hydrogen (secondary N) is 1. The Morgan fingerprint density at radius 3 is 2.90 bits per heavy atom. The van der Waals surface area contributed by atoms with E-state index in [4.69, 9.17) is 0 Å². The van der Waals surface area contributed by atoms with Crippen LogP contribution in [0.3, 0.4) is 0 Å². The van der Waals surface area contributed by atoms with E-state index in [9.17, 15) is 10.1 Å². The Bertz CT molecular complexity index is 615. The molecule has 8 nitrogen and oxygen atoms in total. The predicted molar refractivity (Wildman–Crippen MR) is 75.6 cm³/mol. The Morgan fingerprint density at radius 2 is 2.30 bits per heavy atom. The molecular weight excluding hydrogens is 280 g/mol. The van der Waals surface area contributed by atoms with Gasteiger partial charge in [-0.1, -0.05) is 23.9 Å². The molecule has 0 saturated carbocycles. The van der Waals surface area contributed by atoms with Gasteiger partial charge < -0.3 is 5.32 Å². The number of rotatable bonds is 6. The molecule has 0 bridgehead atoms. The average Bonchev–Trinajstić information content (AvgIpc) is 2.83. The Kier molecular flexibility index (Phi) is 4.51. The van der Waals surface area contributed by atoms with Crippen molar-refractivity contribution in [2.75, 3.05) is 11.9 Å². The van der Waals surface area contributed by atoms with Gasteiger partial charge >= 0.3 is 0 Å². The Morgan fingerprint density at radius 1 is 1.50 bits per heavy atom. The molecule has 0 saturated heterocycles. The number of nitro groups is 1. The quantitative estimate of drug-likeness (QED) is 0.493. The maximum Gasteiger partial charge on any atom is 0.292 e. The number of hydrogen-bond acceptors (Lipinski definition) is 7. The standard InChI is InChI=1S/C11H14N6O2S/c1-3-12-10-8(5-4-6-9(10)17(18)19)7-20-11-13-14-15-16(11)2/h4-6,12H,3,7H2,1-2H3. The van der Waals surface area contributed by atoms with Gasteiger partial charge in [0.25, 0.3) is 5.69 Å². The molecular formula is C11H14N6O2S. The van der Waals surface area contributed by atoms with Crippen LogP contribution in [0.5, 0.6) is 0 Å². The zero-order valence-corrected chi connectivity index (χ0v) is 11.9. The summed E-state index contributed by atoms with van der Waals surface area (Å²) in [4.78, 5) is 10.7. The summed E-state index contributed by atoms with van der Waals surface area (Å²) in [6.45, 7) is 2.52. The Labute approximate surface area is 119 Å². The summed E-state index contributed by atoms with van der Waals surface area (Å²) in [6, 6.07) is 5.04. The Hall–Kier alpha value is -2.16. The monoisotopic (exact) mass is 294 g/mol. The van der Waals surface area contributed by atoms with Gasteiger partial charge in [-0.05, 0) is 22.9 Å². The number of aromatic nitrogens is 4. The van der Waals surface area contributed by atoms with Crippen LogP contribution in [0.1, 0.15) is 12.5 Å². The largest absolute Gasteiger partial charge is 0.380 e. The first-order valence-electron chi connectivity index (χ1n) is 5.98. The lowest BCUT2D eigenvalue weighted by Crippen LogP contribution is -2.04. The van der Waals surface area contributed by atoms with Gasteiger partial charge in [0.05, 0.1) is 4.92 Å². The molecule has 1 aromatic heterocycles. The molecule has 2 aromatic rings. The number of benzene rings is 1. The molecule has 0 aliphatic heterocycles. The van der Waals surface area contributed by atoms with Crippen LogP contribution in [0.4, 0.5) is 11.4 Å². The van der Waals surface area contributed by atoms with E-state index < -0.39 is 0 Å². The molecule has 9 heteroatoms. The molecule has 1 heterocycles. The molecule has 0 unspecified atom stereocenters. The number of aryl methyl sites for hydroxylation is 1. The second kappa shape index (κ2) is 6.33. The van der Waals surface area contributed by atoms with Crippen LogP contribution in [0, 0.1) is 10.1 Å². The highest BCUT2D eigenvalue weighted by molar-refractivity contribution is 7.98. The molecule has 0 fully saturated rings. The molecule has 106 valence electrons. The van der Waals surface area contributed by atoms with Crippen molar-refractivity contribution in [3.8, 4) is 0 Å². The highest BCUT2D eigenvalue weighted by Crippen LogP contribution is 2.32. The maximum absolute atomic E-state index is 11.1. The van der Waals surface area contributed by atoms with Gasteiger partial charge in [-0.3, -0.25) is 10.1 Å². The van der Waals surface area contributed by atoms with E-state index in [2.05, 4.69) is 20.8 Å². The average molecular weight is 294 g/mol. The lowest BCUT2D eigenvalue weighted by atomic mass is 10.1. The van der Waals surface area contributed by atoms with Crippen LogP contribution in [0.2, 0.25) is 0 Å². The summed E-state index contributed by atoms with van der Waals surface area (Å²) < 4.78 is 1.56. The zero-order chi connectivity index (χ0) is 14.5. The summed E-state index contributed by atoms with van der Waals surface area (Å²) in [6.07, 6.45) is 0. The SMILES string of the molecule is CCNc1c(CSc2nnnn2C)cccc1[N+](=O)[O-]. The van der Waals surface area contributed by atoms with Gasteiger partial charge in [0.2, 0.25) is 5.16 Å². The first kappa shape index (κ1) is 14.3. The van der Waals surface area contributed by atoms with Gasteiger partial charge in [-0.25, -0.2) is 4.68 Å². The van der Waals surface area contributed by atoms with Crippen molar-refractivity contribution in [3.63, 3.8) is 0 Å². The fraction of sp³-hybridized carbons (Fsp3) is 0.364. The van der Waals surface area contributed by atoms with E-state index in [1.807, 2.05) is 13.0 Å². The molecule has 20 heavy (non-hydrogen) atoms. The Balaban J connectivity index is 2.24. The maximum atomic E-state index is 11.1. The molecule has 0 aliphatic rings. The van der Waals surface area contributed by atoms with Crippen molar-refractivity contribution in [2.45, 2.75) is 17.8 Å². The van der Waals surface area contributed by atoms with Crippen molar-refractivity contribution in [3.05, 3.63) is 33.9 Å². The van der Waals surface area contributed by atoms with Gasteiger partial charge in [0.15, 0.2) is 0 Å². The molecule has 1 N–H and O–H groups in total. The van der Waals surface area contributed by atoms with Gasteiger partial charge in [-0.2, -0.15) is 0 Å². The minimum Gasteiger partial charge on any atom is -0.380 e. The summed E-state index contributed by atoms with van der Waals surface area (Å²) in [5.74, 6) is 0.554. The highest BCUT2D eigenvalue weighted by atomic mass is 32.2. The molecule has 0 atom stereocenters. The summed E-state index contributed by atoms with van der Waals surface area (Å²) in [5.41, 5.74) is 1.50. The van der Waals surface area contributed by atoms with Gasteiger partial charge in [-0.15, -0.1) is 5.10 Å². The van der Waals surface area contributed by atoms with Crippen molar-refractivity contribution in [1.29, 1.82) is 0 Å². The lowest BCUT2D eigenvalue weighted by Gasteiger charge is -2.10. The number of anilines is 1. The smallest absolute Gasteiger partial charge is 0.292 e. The zero-order valence-electron chi connectivity index (χ0n) is 11.1. The first-order chi connectivity index (χ1) is 9.63. The van der Waals surface area contributed by atoms with E-state index in [1.54, 1.807) is 17.8 Å². The molecule has 0 radical (unpaired) electrons. The predicted octanol–water partition coefficient (Wildman–Crippen LogP) is 1.84. The minimum absolute atomic E-state index is 0.0843. The van der Waals surface area contributed by atoms with E-state index in [1.165, 1.54) is 17.8 Å². The number of tetrazole rings is 1. The van der Waals surface area contributed by atoms with Crippen LogP contribution >= 0.6 is 11.8 Å². The van der Waals surface area contributed by atoms with E-state index in [-0.39, 0.29) is 10.6 Å². The number of nitrogens with zero attached hydrogens (tertiary/aromatic N) is 5. The molecule has 0 amide bonds.